The topological polar surface area (TPSA) is 32.3 Å². The van der Waals surface area contributed by atoms with Crippen LogP contribution in [-0.2, 0) is 4.79 Å². The highest BCUT2D eigenvalue weighted by atomic mass is 16.2. The van der Waals surface area contributed by atoms with Crippen molar-refractivity contribution in [2.24, 2.45) is 5.92 Å². The lowest BCUT2D eigenvalue weighted by Gasteiger charge is -2.16. The van der Waals surface area contributed by atoms with Gasteiger partial charge in [-0.15, -0.1) is 6.58 Å². The van der Waals surface area contributed by atoms with Crippen molar-refractivity contribution >= 4 is 5.91 Å². The second kappa shape index (κ2) is 5.81. The van der Waals surface area contributed by atoms with Crippen molar-refractivity contribution in [1.29, 1.82) is 0 Å². The highest BCUT2D eigenvalue weighted by Gasteiger charge is 2.24. The zero-order chi connectivity index (χ0) is 10.4. The summed E-state index contributed by atoms with van der Waals surface area (Å²) in [4.78, 5) is 13.6. The summed E-state index contributed by atoms with van der Waals surface area (Å²) in [6, 6.07) is 0. The molecule has 1 amide bonds. The van der Waals surface area contributed by atoms with Crippen LogP contribution < -0.4 is 5.32 Å². The van der Waals surface area contributed by atoms with E-state index in [1.807, 2.05) is 4.90 Å². The maximum absolute atomic E-state index is 11.6. The van der Waals surface area contributed by atoms with E-state index in [1.165, 1.54) is 12.8 Å². The molecule has 1 aliphatic heterocycles. The predicted molar refractivity (Wildman–Crippen MR) is 58.0 cm³/mol. The molecule has 1 unspecified atom stereocenters. The van der Waals surface area contributed by atoms with Gasteiger partial charge in [-0.3, -0.25) is 4.79 Å². The van der Waals surface area contributed by atoms with E-state index < -0.39 is 0 Å². The molecule has 0 saturated carbocycles. The quantitative estimate of drug-likeness (QED) is 0.526. The van der Waals surface area contributed by atoms with E-state index in [-0.39, 0.29) is 5.91 Å². The monoisotopic (exact) mass is 196 g/mol. The SMILES string of the molecule is C=CCNCC(=O)N1CCC(CC)C1. The maximum Gasteiger partial charge on any atom is 0.236 e. The molecule has 1 fully saturated rings. The molecule has 1 aliphatic rings. The molecule has 0 spiro atoms. The van der Waals surface area contributed by atoms with Crippen molar-refractivity contribution in [3.8, 4) is 0 Å². The van der Waals surface area contributed by atoms with Gasteiger partial charge in [0.15, 0.2) is 0 Å². The Balaban J connectivity index is 2.21. The molecule has 80 valence electrons. The Kier molecular flexibility index (Phi) is 4.66. The molecule has 1 heterocycles. The molecule has 0 aromatic rings. The lowest BCUT2D eigenvalue weighted by molar-refractivity contribution is -0.129. The molecule has 3 nitrogen and oxygen atoms in total. The van der Waals surface area contributed by atoms with E-state index in [0.717, 1.165) is 19.0 Å². The Bertz CT molecular complexity index is 203. The van der Waals surface area contributed by atoms with Gasteiger partial charge in [0.25, 0.3) is 0 Å². The summed E-state index contributed by atoms with van der Waals surface area (Å²) in [5, 5.41) is 3.04. The summed E-state index contributed by atoms with van der Waals surface area (Å²) in [5.41, 5.74) is 0. The van der Waals surface area contributed by atoms with Crippen molar-refractivity contribution in [3.05, 3.63) is 12.7 Å². The third-order valence-electron chi connectivity index (χ3n) is 2.78. The fourth-order valence-corrected chi connectivity index (χ4v) is 1.79. The van der Waals surface area contributed by atoms with Gasteiger partial charge in [0, 0.05) is 19.6 Å². The van der Waals surface area contributed by atoms with Crippen LogP contribution in [0.1, 0.15) is 19.8 Å². The van der Waals surface area contributed by atoms with Crippen molar-refractivity contribution in [2.45, 2.75) is 19.8 Å². The average molecular weight is 196 g/mol. The first-order valence-corrected chi connectivity index (χ1v) is 5.37. The molecule has 14 heavy (non-hydrogen) atoms. The molecular weight excluding hydrogens is 176 g/mol. The summed E-state index contributed by atoms with van der Waals surface area (Å²) in [5.74, 6) is 0.946. The zero-order valence-electron chi connectivity index (χ0n) is 8.96. The minimum Gasteiger partial charge on any atom is -0.341 e. The largest absolute Gasteiger partial charge is 0.341 e. The van der Waals surface area contributed by atoms with Crippen LogP contribution >= 0.6 is 0 Å². The average Bonchev–Trinajstić information content (AvgIpc) is 2.66. The molecule has 0 aromatic carbocycles. The van der Waals surface area contributed by atoms with Gasteiger partial charge in [-0.2, -0.15) is 0 Å². The Hall–Kier alpha value is -0.830. The van der Waals surface area contributed by atoms with Gasteiger partial charge in [-0.05, 0) is 12.3 Å². The number of nitrogens with one attached hydrogen (secondary N) is 1. The Morgan fingerprint density at radius 3 is 3.07 bits per heavy atom. The molecule has 0 radical (unpaired) electrons. The van der Waals surface area contributed by atoms with Crippen molar-refractivity contribution in [3.63, 3.8) is 0 Å². The lowest BCUT2D eigenvalue weighted by atomic mass is 10.1. The number of carbonyl (C=O) groups is 1. The molecule has 0 aromatic heterocycles. The first kappa shape index (κ1) is 11.2. The van der Waals surface area contributed by atoms with E-state index in [9.17, 15) is 4.79 Å². The zero-order valence-corrected chi connectivity index (χ0v) is 8.96. The Labute approximate surface area is 86.2 Å². The number of nitrogens with zero attached hydrogens (tertiary/aromatic N) is 1. The summed E-state index contributed by atoms with van der Waals surface area (Å²) < 4.78 is 0. The van der Waals surface area contributed by atoms with Crippen LogP contribution in [0.25, 0.3) is 0 Å². The minimum absolute atomic E-state index is 0.225. The van der Waals surface area contributed by atoms with Crippen LogP contribution in [0.4, 0.5) is 0 Å². The van der Waals surface area contributed by atoms with Crippen LogP contribution in [0.5, 0.6) is 0 Å². The number of hydrogen-bond donors (Lipinski definition) is 1. The van der Waals surface area contributed by atoms with Crippen LogP contribution in [0.2, 0.25) is 0 Å². The second-order valence-electron chi connectivity index (χ2n) is 3.82. The van der Waals surface area contributed by atoms with Crippen molar-refractivity contribution in [1.82, 2.24) is 10.2 Å². The normalized spacial score (nSPS) is 21.2. The summed E-state index contributed by atoms with van der Waals surface area (Å²) >= 11 is 0. The molecule has 1 N–H and O–H groups in total. The van der Waals surface area contributed by atoms with Crippen molar-refractivity contribution in [2.75, 3.05) is 26.2 Å². The standard InChI is InChI=1S/C11H20N2O/c1-3-6-12-8-11(14)13-7-5-10(4-2)9-13/h3,10,12H,1,4-9H2,2H3. The van der Waals surface area contributed by atoms with Gasteiger partial charge in [0.1, 0.15) is 0 Å². The van der Waals surface area contributed by atoms with Crippen LogP contribution in [-0.4, -0.2) is 37.0 Å². The lowest BCUT2D eigenvalue weighted by Crippen LogP contribution is -2.36. The van der Waals surface area contributed by atoms with Gasteiger partial charge < -0.3 is 10.2 Å². The first-order chi connectivity index (χ1) is 6.77. The second-order valence-corrected chi connectivity index (χ2v) is 3.82. The smallest absolute Gasteiger partial charge is 0.236 e. The molecule has 3 heteroatoms. The molecule has 0 aliphatic carbocycles. The molecule has 1 atom stereocenters. The van der Waals surface area contributed by atoms with Gasteiger partial charge >= 0.3 is 0 Å². The van der Waals surface area contributed by atoms with Gasteiger partial charge in [0.2, 0.25) is 5.91 Å². The molecule has 1 saturated heterocycles. The molecule has 0 bridgehead atoms. The van der Waals surface area contributed by atoms with Crippen LogP contribution in [0.3, 0.4) is 0 Å². The van der Waals surface area contributed by atoms with Crippen LogP contribution in [0, 0.1) is 5.92 Å². The number of carbonyl (C=O) groups excluding carboxylic acids is 1. The fourth-order valence-electron chi connectivity index (χ4n) is 1.79. The molecular formula is C11H20N2O. The number of rotatable bonds is 5. The first-order valence-electron chi connectivity index (χ1n) is 5.37. The van der Waals surface area contributed by atoms with Gasteiger partial charge in [0.05, 0.1) is 6.54 Å². The van der Waals surface area contributed by atoms with E-state index >= 15 is 0 Å². The minimum atomic E-state index is 0.225. The fraction of sp³-hybridized carbons (Fsp3) is 0.727. The third kappa shape index (κ3) is 3.14. The molecule has 1 rings (SSSR count). The predicted octanol–water partition coefficient (Wildman–Crippen LogP) is 1.02. The van der Waals surface area contributed by atoms with E-state index in [1.54, 1.807) is 6.08 Å². The Morgan fingerprint density at radius 1 is 1.71 bits per heavy atom. The van der Waals surface area contributed by atoms with E-state index in [4.69, 9.17) is 0 Å². The number of amides is 1. The third-order valence-corrected chi connectivity index (χ3v) is 2.78. The summed E-state index contributed by atoms with van der Waals surface area (Å²) in [7, 11) is 0. The summed E-state index contributed by atoms with van der Waals surface area (Å²) in [6.07, 6.45) is 4.12. The number of likely N-dealkylation sites (tertiary alicyclic amines) is 1. The highest BCUT2D eigenvalue weighted by molar-refractivity contribution is 5.78. The maximum atomic E-state index is 11.6. The number of hydrogen-bond acceptors (Lipinski definition) is 2. The van der Waals surface area contributed by atoms with Crippen molar-refractivity contribution < 1.29 is 4.79 Å². The van der Waals surface area contributed by atoms with Gasteiger partial charge in [-0.25, -0.2) is 0 Å². The Morgan fingerprint density at radius 2 is 2.50 bits per heavy atom. The van der Waals surface area contributed by atoms with Crippen LogP contribution in [0.15, 0.2) is 12.7 Å². The summed E-state index contributed by atoms with van der Waals surface area (Å²) in [6.45, 7) is 8.82. The van der Waals surface area contributed by atoms with Gasteiger partial charge in [-0.1, -0.05) is 19.4 Å². The highest BCUT2D eigenvalue weighted by Crippen LogP contribution is 2.18. The van der Waals surface area contributed by atoms with E-state index in [0.29, 0.717) is 13.1 Å². The van der Waals surface area contributed by atoms with E-state index in [2.05, 4.69) is 18.8 Å².